The molecule has 0 aromatic carbocycles. The van der Waals surface area contributed by atoms with Gasteiger partial charge < -0.3 is 10.6 Å². The summed E-state index contributed by atoms with van der Waals surface area (Å²) in [5.74, 6) is 0.125. The SMILES string of the molecule is CC(Cc1ccsc1)NCC(=O)NC1CC1. The molecule has 0 bridgehead atoms. The van der Waals surface area contributed by atoms with Gasteiger partial charge in [0, 0.05) is 12.1 Å². The molecule has 1 aromatic rings. The number of nitrogens with one attached hydrogen (secondary N) is 2. The standard InChI is InChI=1S/C12H18N2OS/c1-9(6-10-4-5-16-8-10)13-7-12(15)14-11-2-3-11/h4-5,8-9,11,13H,2-3,6-7H2,1H3,(H,14,15). The highest BCUT2D eigenvalue weighted by Gasteiger charge is 2.22. The molecule has 2 N–H and O–H groups in total. The third kappa shape index (κ3) is 3.94. The van der Waals surface area contributed by atoms with Crippen molar-refractivity contribution in [2.75, 3.05) is 6.54 Å². The Bertz CT molecular complexity index is 333. The lowest BCUT2D eigenvalue weighted by Crippen LogP contribution is -2.39. The van der Waals surface area contributed by atoms with E-state index in [2.05, 4.69) is 34.4 Å². The molecule has 1 aliphatic rings. The molecular formula is C12H18N2OS. The molecule has 1 saturated carbocycles. The molecule has 0 radical (unpaired) electrons. The first-order valence-corrected chi connectivity index (χ1v) is 6.72. The summed E-state index contributed by atoms with van der Waals surface area (Å²) in [6.45, 7) is 2.55. The minimum Gasteiger partial charge on any atom is -0.352 e. The Morgan fingerprint density at radius 1 is 1.62 bits per heavy atom. The zero-order chi connectivity index (χ0) is 11.4. The van der Waals surface area contributed by atoms with E-state index < -0.39 is 0 Å². The number of amides is 1. The van der Waals surface area contributed by atoms with E-state index in [1.807, 2.05) is 0 Å². The Morgan fingerprint density at radius 2 is 2.44 bits per heavy atom. The van der Waals surface area contributed by atoms with Gasteiger partial charge in [0.25, 0.3) is 0 Å². The normalized spacial score (nSPS) is 17.1. The first-order chi connectivity index (χ1) is 7.74. The molecule has 0 saturated heterocycles. The molecule has 1 aromatic heterocycles. The maximum atomic E-state index is 11.4. The lowest BCUT2D eigenvalue weighted by atomic mass is 10.1. The van der Waals surface area contributed by atoms with Crippen molar-refractivity contribution in [3.8, 4) is 0 Å². The zero-order valence-corrected chi connectivity index (χ0v) is 10.3. The Hall–Kier alpha value is -0.870. The van der Waals surface area contributed by atoms with Gasteiger partial charge in [-0.2, -0.15) is 11.3 Å². The van der Waals surface area contributed by atoms with E-state index in [0.717, 1.165) is 19.3 Å². The van der Waals surface area contributed by atoms with Crippen LogP contribution in [0.1, 0.15) is 25.3 Å². The molecule has 88 valence electrons. The van der Waals surface area contributed by atoms with E-state index in [0.29, 0.717) is 18.6 Å². The second-order valence-corrected chi connectivity index (χ2v) is 5.24. The highest BCUT2D eigenvalue weighted by atomic mass is 32.1. The minimum absolute atomic E-state index is 0.125. The molecule has 3 nitrogen and oxygen atoms in total. The molecule has 1 heterocycles. The van der Waals surface area contributed by atoms with Crippen molar-refractivity contribution in [3.63, 3.8) is 0 Å². The van der Waals surface area contributed by atoms with Crippen LogP contribution in [0.4, 0.5) is 0 Å². The summed E-state index contributed by atoms with van der Waals surface area (Å²) < 4.78 is 0. The molecule has 2 rings (SSSR count). The van der Waals surface area contributed by atoms with Gasteiger partial charge in [-0.05, 0) is 48.6 Å². The van der Waals surface area contributed by atoms with Gasteiger partial charge in [0.05, 0.1) is 6.54 Å². The van der Waals surface area contributed by atoms with Crippen LogP contribution in [-0.4, -0.2) is 24.5 Å². The van der Waals surface area contributed by atoms with Crippen LogP contribution in [0.25, 0.3) is 0 Å². The summed E-state index contributed by atoms with van der Waals surface area (Å²) in [5.41, 5.74) is 1.34. The van der Waals surface area contributed by atoms with Crippen molar-refractivity contribution < 1.29 is 4.79 Å². The fourth-order valence-electron chi connectivity index (χ4n) is 1.61. The van der Waals surface area contributed by atoms with E-state index in [4.69, 9.17) is 0 Å². The fourth-order valence-corrected chi connectivity index (χ4v) is 2.29. The first-order valence-electron chi connectivity index (χ1n) is 5.78. The van der Waals surface area contributed by atoms with Crippen LogP contribution in [0.5, 0.6) is 0 Å². The van der Waals surface area contributed by atoms with Gasteiger partial charge in [-0.3, -0.25) is 4.79 Å². The van der Waals surface area contributed by atoms with Crippen LogP contribution in [-0.2, 0) is 11.2 Å². The summed E-state index contributed by atoms with van der Waals surface area (Å²) in [7, 11) is 0. The molecule has 0 spiro atoms. The summed E-state index contributed by atoms with van der Waals surface area (Å²) >= 11 is 1.72. The molecule has 16 heavy (non-hydrogen) atoms. The van der Waals surface area contributed by atoms with Crippen LogP contribution < -0.4 is 10.6 Å². The maximum Gasteiger partial charge on any atom is 0.234 e. The minimum atomic E-state index is 0.125. The first kappa shape index (κ1) is 11.6. The van der Waals surface area contributed by atoms with Gasteiger partial charge in [-0.25, -0.2) is 0 Å². The molecule has 1 aliphatic carbocycles. The van der Waals surface area contributed by atoms with Crippen LogP contribution in [0, 0.1) is 0 Å². The third-order valence-corrected chi connectivity index (χ3v) is 3.41. The van der Waals surface area contributed by atoms with E-state index in [1.54, 1.807) is 11.3 Å². The second kappa shape index (κ2) is 5.46. The predicted molar refractivity (Wildman–Crippen MR) is 66.7 cm³/mol. The summed E-state index contributed by atoms with van der Waals surface area (Å²) in [4.78, 5) is 11.4. The molecule has 0 aliphatic heterocycles. The Kier molecular flexibility index (Phi) is 3.96. The zero-order valence-electron chi connectivity index (χ0n) is 9.53. The smallest absolute Gasteiger partial charge is 0.234 e. The number of hydrogen-bond donors (Lipinski definition) is 2. The monoisotopic (exact) mass is 238 g/mol. The van der Waals surface area contributed by atoms with Crippen LogP contribution in [0.2, 0.25) is 0 Å². The molecular weight excluding hydrogens is 220 g/mol. The second-order valence-electron chi connectivity index (χ2n) is 4.46. The van der Waals surface area contributed by atoms with Crippen molar-refractivity contribution in [1.82, 2.24) is 10.6 Å². The van der Waals surface area contributed by atoms with Crippen molar-refractivity contribution >= 4 is 17.2 Å². The maximum absolute atomic E-state index is 11.4. The molecule has 1 unspecified atom stereocenters. The topological polar surface area (TPSA) is 41.1 Å². The summed E-state index contributed by atoms with van der Waals surface area (Å²) in [5, 5.41) is 10.5. The number of carbonyl (C=O) groups excluding carboxylic acids is 1. The highest BCUT2D eigenvalue weighted by Crippen LogP contribution is 2.18. The molecule has 1 atom stereocenters. The molecule has 1 amide bonds. The lowest BCUT2D eigenvalue weighted by molar-refractivity contribution is -0.120. The lowest BCUT2D eigenvalue weighted by Gasteiger charge is -2.12. The largest absolute Gasteiger partial charge is 0.352 e. The van der Waals surface area contributed by atoms with Gasteiger partial charge in [0.15, 0.2) is 0 Å². The van der Waals surface area contributed by atoms with Gasteiger partial charge in [-0.15, -0.1) is 0 Å². The Morgan fingerprint density at radius 3 is 3.06 bits per heavy atom. The summed E-state index contributed by atoms with van der Waals surface area (Å²) in [6, 6.07) is 2.94. The average Bonchev–Trinajstić information content (AvgIpc) is 2.91. The van der Waals surface area contributed by atoms with E-state index in [1.165, 1.54) is 5.56 Å². The quantitative estimate of drug-likeness (QED) is 0.789. The number of hydrogen-bond acceptors (Lipinski definition) is 3. The third-order valence-electron chi connectivity index (χ3n) is 2.68. The van der Waals surface area contributed by atoms with Crippen LogP contribution >= 0.6 is 11.3 Å². The average molecular weight is 238 g/mol. The van der Waals surface area contributed by atoms with Crippen molar-refractivity contribution in [2.24, 2.45) is 0 Å². The van der Waals surface area contributed by atoms with E-state index in [-0.39, 0.29) is 5.91 Å². The van der Waals surface area contributed by atoms with Crippen molar-refractivity contribution in [1.29, 1.82) is 0 Å². The van der Waals surface area contributed by atoms with Crippen molar-refractivity contribution in [3.05, 3.63) is 22.4 Å². The van der Waals surface area contributed by atoms with Crippen LogP contribution in [0.3, 0.4) is 0 Å². The Balaban J connectivity index is 1.62. The van der Waals surface area contributed by atoms with E-state index >= 15 is 0 Å². The number of carbonyl (C=O) groups is 1. The summed E-state index contributed by atoms with van der Waals surface area (Å²) in [6.07, 6.45) is 3.28. The molecule has 1 fully saturated rings. The fraction of sp³-hybridized carbons (Fsp3) is 0.583. The highest BCUT2D eigenvalue weighted by molar-refractivity contribution is 7.07. The van der Waals surface area contributed by atoms with Crippen molar-refractivity contribution in [2.45, 2.75) is 38.3 Å². The van der Waals surface area contributed by atoms with Gasteiger partial charge in [0.2, 0.25) is 5.91 Å². The van der Waals surface area contributed by atoms with E-state index in [9.17, 15) is 4.79 Å². The number of thiophene rings is 1. The van der Waals surface area contributed by atoms with Gasteiger partial charge in [0.1, 0.15) is 0 Å². The molecule has 4 heteroatoms. The number of rotatable bonds is 6. The predicted octanol–water partition coefficient (Wildman–Crippen LogP) is 1.55. The van der Waals surface area contributed by atoms with Crippen LogP contribution in [0.15, 0.2) is 16.8 Å². The van der Waals surface area contributed by atoms with Gasteiger partial charge in [-0.1, -0.05) is 0 Å². The Labute approximate surface area is 100 Å². The van der Waals surface area contributed by atoms with Gasteiger partial charge >= 0.3 is 0 Å².